The fourth-order valence-corrected chi connectivity index (χ4v) is 1.41. The third-order valence-electron chi connectivity index (χ3n) is 2.05. The number of nitriles is 1. The van der Waals surface area contributed by atoms with E-state index in [1.165, 1.54) is 0 Å². The van der Waals surface area contributed by atoms with E-state index >= 15 is 0 Å². The lowest BCUT2D eigenvalue weighted by Gasteiger charge is -2.18. The minimum Gasteiger partial charge on any atom is -0.298 e. The zero-order valence-electron chi connectivity index (χ0n) is 8.36. The number of rotatable bonds is 1. The van der Waals surface area contributed by atoms with Crippen LogP contribution in [0.3, 0.4) is 0 Å². The van der Waals surface area contributed by atoms with Gasteiger partial charge in [-0.25, -0.2) is 0 Å². The normalized spacial score (nSPS) is 12.1. The van der Waals surface area contributed by atoms with Gasteiger partial charge in [-0.1, -0.05) is 0 Å². The first-order valence-electron chi connectivity index (χ1n) is 4.29. The van der Waals surface area contributed by atoms with Gasteiger partial charge in [0.05, 0.1) is 22.8 Å². The van der Waals surface area contributed by atoms with Crippen molar-refractivity contribution < 1.29 is 31.1 Å². The Hall–Kier alpha value is -2.04. The van der Waals surface area contributed by atoms with Crippen LogP contribution in [0, 0.1) is 11.3 Å². The monoisotopic (exact) mass is 267 g/mol. The summed E-state index contributed by atoms with van der Waals surface area (Å²) in [6.07, 6.45) is -11.1. The number of benzene rings is 1. The van der Waals surface area contributed by atoms with Crippen molar-refractivity contribution in [3.63, 3.8) is 0 Å². The fraction of sp³-hybridized carbons (Fsp3) is 0.200. The smallest absolute Gasteiger partial charge is 0.298 e. The van der Waals surface area contributed by atoms with Crippen LogP contribution in [0.4, 0.5) is 26.3 Å². The van der Waals surface area contributed by atoms with Crippen LogP contribution in [-0.4, -0.2) is 6.29 Å². The standard InChI is InChI=1S/C10H3F6NO/c11-9(12,13)7-5(3-17)1-2-6(4-18)8(7)10(14,15)16/h1-2,4H. The van der Waals surface area contributed by atoms with Crippen molar-refractivity contribution in [1.82, 2.24) is 0 Å². The molecule has 0 saturated heterocycles. The fourth-order valence-electron chi connectivity index (χ4n) is 1.41. The molecule has 0 aliphatic heterocycles. The maximum atomic E-state index is 12.6. The highest BCUT2D eigenvalue weighted by molar-refractivity contribution is 5.79. The molecule has 18 heavy (non-hydrogen) atoms. The van der Waals surface area contributed by atoms with E-state index in [-0.39, 0.29) is 6.29 Å². The highest BCUT2D eigenvalue weighted by Gasteiger charge is 2.46. The van der Waals surface area contributed by atoms with Gasteiger partial charge in [-0.3, -0.25) is 4.79 Å². The predicted molar refractivity (Wildman–Crippen MR) is 46.5 cm³/mol. The van der Waals surface area contributed by atoms with Crippen molar-refractivity contribution >= 4 is 6.29 Å². The van der Waals surface area contributed by atoms with Crippen molar-refractivity contribution in [3.05, 3.63) is 34.4 Å². The first-order chi connectivity index (χ1) is 8.12. The largest absolute Gasteiger partial charge is 0.418 e. The summed E-state index contributed by atoms with van der Waals surface area (Å²) >= 11 is 0. The van der Waals surface area contributed by atoms with Crippen LogP contribution in [-0.2, 0) is 12.4 Å². The zero-order valence-corrected chi connectivity index (χ0v) is 8.36. The number of carbonyl (C=O) groups is 1. The summed E-state index contributed by atoms with van der Waals surface area (Å²) in [6.45, 7) is 0. The van der Waals surface area contributed by atoms with Crippen LogP contribution in [0.1, 0.15) is 27.0 Å². The highest BCUT2D eigenvalue weighted by Crippen LogP contribution is 2.43. The number of hydrogen-bond acceptors (Lipinski definition) is 2. The molecule has 0 amide bonds. The molecule has 0 saturated carbocycles. The van der Waals surface area contributed by atoms with Crippen molar-refractivity contribution in [2.45, 2.75) is 12.4 Å². The lowest BCUT2D eigenvalue weighted by Crippen LogP contribution is -2.20. The Morgan fingerprint density at radius 3 is 1.83 bits per heavy atom. The molecule has 2 nitrogen and oxygen atoms in total. The van der Waals surface area contributed by atoms with Crippen LogP contribution in [0.2, 0.25) is 0 Å². The van der Waals surface area contributed by atoms with Gasteiger partial charge in [0.1, 0.15) is 0 Å². The van der Waals surface area contributed by atoms with E-state index in [1.807, 2.05) is 0 Å². The third-order valence-corrected chi connectivity index (χ3v) is 2.05. The molecule has 0 bridgehead atoms. The summed E-state index contributed by atoms with van der Waals surface area (Å²) in [4.78, 5) is 10.4. The molecule has 1 rings (SSSR count). The lowest BCUT2D eigenvalue weighted by atomic mass is 9.96. The molecule has 0 radical (unpaired) electrons. The van der Waals surface area contributed by atoms with Crippen molar-refractivity contribution in [1.29, 1.82) is 5.26 Å². The van der Waals surface area contributed by atoms with Gasteiger partial charge in [0.2, 0.25) is 0 Å². The Bertz CT molecular complexity index is 523. The maximum Gasteiger partial charge on any atom is 0.418 e. The van der Waals surface area contributed by atoms with E-state index in [0.717, 1.165) is 6.07 Å². The molecule has 0 fully saturated rings. The Morgan fingerprint density at radius 2 is 1.50 bits per heavy atom. The summed E-state index contributed by atoms with van der Waals surface area (Å²) in [7, 11) is 0. The minimum absolute atomic E-state index is 0.334. The van der Waals surface area contributed by atoms with Gasteiger partial charge >= 0.3 is 12.4 Å². The Kier molecular flexibility index (Phi) is 3.37. The van der Waals surface area contributed by atoms with Crippen molar-refractivity contribution in [2.24, 2.45) is 0 Å². The Labute approximate surface area is 96.4 Å². The average molecular weight is 267 g/mol. The number of halogens is 6. The van der Waals surface area contributed by atoms with E-state index in [0.29, 0.717) is 12.1 Å². The third kappa shape index (κ3) is 2.45. The molecule has 0 N–H and O–H groups in total. The topological polar surface area (TPSA) is 40.9 Å². The van der Waals surface area contributed by atoms with Gasteiger partial charge in [0.25, 0.3) is 0 Å². The van der Waals surface area contributed by atoms with E-state index in [1.54, 1.807) is 0 Å². The molecule has 0 spiro atoms. The Balaban J connectivity index is 3.84. The molecular weight excluding hydrogens is 264 g/mol. The van der Waals surface area contributed by atoms with Crippen LogP contribution in [0.5, 0.6) is 0 Å². The minimum atomic E-state index is -5.38. The molecule has 96 valence electrons. The Morgan fingerprint density at radius 1 is 1.00 bits per heavy atom. The number of alkyl halides is 6. The van der Waals surface area contributed by atoms with E-state index in [9.17, 15) is 31.1 Å². The van der Waals surface area contributed by atoms with Gasteiger partial charge in [-0.2, -0.15) is 31.6 Å². The molecule has 0 unspecified atom stereocenters. The van der Waals surface area contributed by atoms with Crippen LogP contribution in [0.15, 0.2) is 12.1 Å². The first-order valence-corrected chi connectivity index (χ1v) is 4.29. The first kappa shape index (κ1) is 14.0. The molecule has 0 aliphatic carbocycles. The highest BCUT2D eigenvalue weighted by atomic mass is 19.4. The molecule has 0 aromatic heterocycles. The second kappa shape index (κ2) is 4.33. The number of carbonyl (C=O) groups excluding carboxylic acids is 1. The molecule has 1 aromatic carbocycles. The van der Waals surface area contributed by atoms with Gasteiger partial charge in [-0.05, 0) is 12.1 Å². The molecular formula is C10H3F6NO. The zero-order chi connectivity index (χ0) is 14.1. The lowest BCUT2D eigenvalue weighted by molar-refractivity contribution is -0.162. The van der Waals surface area contributed by atoms with Crippen LogP contribution < -0.4 is 0 Å². The van der Waals surface area contributed by atoms with Crippen molar-refractivity contribution in [3.8, 4) is 6.07 Å². The summed E-state index contributed by atoms with van der Waals surface area (Å²) in [5, 5.41) is 8.43. The molecule has 0 heterocycles. The molecule has 0 aliphatic rings. The second-order valence-corrected chi connectivity index (χ2v) is 3.18. The predicted octanol–water partition coefficient (Wildman–Crippen LogP) is 3.41. The van der Waals surface area contributed by atoms with Gasteiger partial charge < -0.3 is 0 Å². The average Bonchev–Trinajstić information content (AvgIpc) is 2.24. The summed E-state index contributed by atoms with van der Waals surface area (Å²) in [5.74, 6) is 0. The quantitative estimate of drug-likeness (QED) is 0.578. The molecule has 0 atom stereocenters. The van der Waals surface area contributed by atoms with Gasteiger partial charge in [0.15, 0.2) is 6.29 Å². The molecule has 8 heteroatoms. The van der Waals surface area contributed by atoms with Crippen LogP contribution >= 0.6 is 0 Å². The SMILES string of the molecule is N#Cc1ccc(C=O)c(C(F)(F)F)c1C(F)(F)F. The van der Waals surface area contributed by atoms with E-state index in [4.69, 9.17) is 5.26 Å². The summed E-state index contributed by atoms with van der Waals surface area (Å²) < 4.78 is 75.4. The number of nitrogens with zero attached hydrogens (tertiary/aromatic N) is 1. The second-order valence-electron chi connectivity index (χ2n) is 3.18. The van der Waals surface area contributed by atoms with E-state index < -0.39 is 34.6 Å². The summed E-state index contributed by atoms with van der Waals surface area (Å²) in [5.41, 5.74) is -6.61. The van der Waals surface area contributed by atoms with Gasteiger partial charge in [-0.15, -0.1) is 0 Å². The maximum absolute atomic E-state index is 12.6. The van der Waals surface area contributed by atoms with Gasteiger partial charge in [0, 0.05) is 5.56 Å². The van der Waals surface area contributed by atoms with Crippen LogP contribution in [0.25, 0.3) is 0 Å². The van der Waals surface area contributed by atoms with E-state index in [2.05, 4.69) is 0 Å². The molecule has 1 aromatic rings. The number of hydrogen-bond donors (Lipinski definition) is 0. The van der Waals surface area contributed by atoms with Crippen molar-refractivity contribution in [2.75, 3.05) is 0 Å². The summed E-state index contributed by atoms with van der Waals surface area (Å²) in [6, 6.07) is 2.09. The number of aldehydes is 1.